The number of phosphoric ester groups is 1. The summed E-state index contributed by atoms with van der Waals surface area (Å²) in [5.41, 5.74) is 0. The highest BCUT2D eigenvalue weighted by molar-refractivity contribution is 7.47. The van der Waals surface area contributed by atoms with Crippen molar-refractivity contribution < 1.29 is 37.3 Å². The minimum Gasteiger partial charge on any atom is -0.456 e. The van der Waals surface area contributed by atoms with Crippen molar-refractivity contribution in [3.63, 3.8) is 0 Å². The van der Waals surface area contributed by atoms with Crippen molar-refractivity contribution in [1.29, 1.82) is 0 Å². The summed E-state index contributed by atoms with van der Waals surface area (Å²) in [4.78, 5) is 37.8. The number of amides is 1. The van der Waals surface area contributed by atoms with Gasteiger partial charge < -0.3 is 19.4 Å². The van der Waals surface area contributed by atoms with Crippen LogP contribution >= 0.6 is 7.82 Å². The largest absolute Gasteiger partial charge is 0.472 e. The van der Waals surface area contributed by atoms with Gasteiger partial charge in [-0.2, -0.15) is 0 Å². The fourth-order valence-corrected chi connectivity index (χ4v) is 10.3. The highest BCUT2D eigenvalue weighted by Gasteiger charge is 2.30. The van der Waals surface area contributed by atoms with Crippen molar-refractivity contribution in [3.05, 3.63) is 97.2 Å². The number of quaternary nitrogens is 1. The molecule has 0 aliphatic carbocycles. The topological polar surface area (TPSA) is 111 Å². The molecule has 0 spiro atoms. The summed E-state index contributed by atoms with van der Waals surface area (Å²) in [7, 11) is 1.48. The first kappa shape index (κ1) is 78.9. The monoisotopic (exact) mass is 1170 g/mol. The first-order valence-electron chi connectivity index (χ1n) is 34.1. The molecule has 0 saturated heterocycles. The van der Waals surface area contributed by atoms with Crippen LogP contribution in [-0.2, 0) is 27.9 Å². The minimum absolute atomic E-state index is 0.0337. The van der Waals surface area contributed by atoms with Gasteiger partial charge in [0.1, 0.15) is 19.3 Å². The van der Waals surface area contributed by atoms with Crippen LogP contribution in [-0.4, -0.2) is 74.3 Å². The number of carbonyl (C=O) groups excluding carboxylic acids is 2. The number of allylic oxidation sites excluding steroid dienone is 15. The normalized spacial score (nSPS) is 14.2. The summed E-state index contributed by atoms with van der Waals surface area (Å²) in [5, 5.41) is 3.06. The molecule has 1 amide bonds. The predicted molar refractivity (Wildman–Crippen MR) is 355 cm³/mol. The molecular formula is C72H130N2O7P+. The van der Waals surface area contributed by atoms with Gasteiger partial charge in [-0.25, -0.2) is 4.57 Å². The molecule has 2 N–H and O–H groups in total. The van der Waals surface area contributed by atoms with Crippen molar-refractivity contribution in [2.24, 2.45) is 0 Å². The molecule has 3 atom stereocenters. The maximum atomic E-state index is 13.6. The number of unbranched alkanes of at least 4 members (excludes halogenated alkanes) is 31. The van der Waals surface area contributed by atoms with Gasteiger partial charge in [0.15, 0.2) is 0 Å². The first-order chi connectivity index (χ1) is 39.9. The summed E-state index contributed by atoms with van der Waals surface area (Å²) in [5.74, 6) is -0.522. The number of rotatable bonds is 61. The zero-order valence-corrected chi connectivity index (χ0v) is 55.1. The Morgan fingerprint density at radius 1 is 0.439 bits per heavy atom. The van der Waals surface area contributed by atoms with Crippen LogP contribution in [0.2, 0.25) is 0 Å². The van der Waals surface area contributed by atoms with Crippen LogP contribution in [0.5, 0.6) is 0 Å². The van der Waals surface area contributed by atoms with Crippen molar-refractivity contribution >= 4 is 19.7 Å². The van der Waals surface area contributed by atoms with Gasteiger partial charge in [-0.05, 0) is 109 Å². The van der Waals surface area contributed by atoms with Crippen LogP contribution in [0.3, 0.4) is 0 Å². The zero-order chi connectivity index (χ0) is 60.0. The quantitative estimate of drug-likeness (QED) is 0.0205. The van der Waals surface area contributed by atoms with E-state index in [4.69, 9.17) is 13.8 Å². The number of ether oxygens (including phenoxy) is 1. The Kier molecular flexibility index (Phi) is 58.7. The summed E-state index contributed by atoms with van der Waals surface area (Å²) < 4.78 is 30.8. The van der Waals surface area contributed by atoms with Crippen LogP contribution in [0, 0.1) is 0 Å². The van der Waals surface area contributed by atoms with E-state index < -0.39 is 20.0 Å². The lowest BCUT2D eigenvalue weighted by molar-refractivity contribution is -0.870. The molecule has 9 nitrogen and oxygen atoms in total. The third-order valence-electron chi connectivity index (χ3n) is 14.8. The van der Waals surface area contributed by atoms with Gasteiger partial charge in [-0.3, -0.25) is 18.6 Å². The van der Waals surface area contributed by atoms with Crippen molar-refractivity contribution in [1.82, 2.24) is 5.32 Å². The fraction of sp³-hybridized carbons (Fsp3) is 0.750. The van der Waals surface area contributed by atoms with E-state index in [0.717, 1.165) is 122 Å². The Morgan fingerprint density at radius 2 is 0.780 bits per heavy atom. The number of hydrogen-bond donors (Lipinski definition) is 2. The molecule has 0 aromatic rings. The molecule has 3 unspecified atom stereocenters. The molecule has 0 aliphatic heterocycles. The van der Waals surface area contributed by atoms with Crippen LogP contribution < -0.4 is 5.32 Å². The van der Waals surface area contributed by atoms with E-state index >= 15 is 0 Å². The fourth-order valence-electron chi connectivity index (χ4n) is 9.53. The SMILES string of the molecule is CC/C=C\C/C=C\C/C=C\C/C=C\C/C=C\C/C=C\CCCCCCCCC(=O)OC(/C=C\CCCCCCCCCCCC)C(COP(=O)(O)OCC[N+](C)(C)C)NC(=O)CCCCCCCCCCC/C=C/CCCCCCCC. The van der Waals surface area contributed by atoms with E-state index in [1.54, 1.807) is 0 Å². The summed E-state index contributed by atoms with van der Waals surface area (Å²) >= 11 is 0. The van der Waals surface area contributed by atoms with Crippen LogP contribution in [0.4, 0.5) is 0 Å². The molecular weight excluding hydrogens is 1040 g/mol. The van der Waals surface area contributed by atoms with Crippen molar-refractivity contribution in [3.8, 4) is 0 Å². The standard InChI is InChI=1S/C72H129N2O7P/c1-7-10-13-16-19-22-25-28-30-32-34-35-36-37-38-39-41-43-45-47-50-53-56-59-62-65-72(76)81-70(63-60-57-54-51-48-27-24-21-18-15-12-9-3)69(68-80-82(77,78)79-67-66-74(4,5)6)73-71(75)64-61-58-55-52-49-46-44-42-40-33-31-29-26-23-20-17-14-11-8-2/h10,13,19,22,28-31,34-35,37-38,41,43,60,63,69-70H,7-9,11-12,14-18,20-21,23-27,32-33,36,39-40,42,44-59,61-62,64-68H2,1-6H3,(H-,73,75,77,78)/p+1/b13-10-,22-19-,30-28-,31-29+,35-34-,38-37-,43-41-,63-60-. The molecule has 82 heavy (non-hydrogen) atoms. The smallest absolute Gasteiger partial charge is 0.456 e. The van der Waals surface area contributed by atoms with Crippen LogP contribution in [0.25, 0.3) is 0 Å². The second-order valence-electron chi connectivity index (χ2n) is 24.0. The number of carbonyl (C=O) groups is 2. The third kappa shape index (κ3) is 61.5. The molecule has 0 heterocycles. The van der Waals surface area contributed by atoms with Crippen LogP contribution in [0.1, 0.15) is 297 Å². The summed E-state index contributed by atoms with van der Waals surface area (Å²) in [6.07, 6.45) is 82.6. The second kappa shape index (κ2) is 61.0. The van der Waals surface area contributed by atoms with E-state index in [2.05, 4.69) is 111 Å². The van der Waals surface area contributed by atoms with Gasteiger partial charge in [-0.1, -0.05) is 272 Å². The number of hydrogen-bond acceptors (Lipinski definition) is 6. The third-order valence-corrected chi connectivity index (χ3v) is 15.7. The molecule has 0 aliphatic rings. The number of phosphoric acid groups is 1. The zero-order valence-electron chi connectivity index (χ0n) is 54.2. The highest BCUT2D eigenvalue weighted by Crippen LogP contribution is 2.43. The molecule has 0 bridgehead atoms. The van der Waals surface area contributed by atoms with Gasteiger partial charge >= 0.3 is 13.8 Å². The van der Waals surface area contributed by atoms with Crippen LogP contribution in [0.15, 0.2) is 97.2 Å². The number of nitrogens with zero attached hydrogens (tertiary/aromatic N) is 1. The van der Waals surface area contributed by atoms with E-state index in [-0.39, 0.29) is 31.5 Å². The van der Waals surface area contributed by atoms with E-state index in [1.165, 1.54) is 141 Å². The Hall–Kier alpha value is -3.07. The van der Waals surface area contributed by atoms with Gasteiger partial charge in [0, 0.05) is 12.8 Å². The molecule has 0 rings (SSSR count). The lowest BCUT2D eigenvalue weighted by Gasteiger charge is -2.27. The highest BCUT2D eigenvalue weighted by atomic mass is 31.2. The second-order valence-corrected chi connectivity index (χ2v) is 25.4. The Labute approximate surface area is 507 Å². The number of nitrogens with one attached hydrogen (secondary N) is 1. The maximum Gasteiger partial charge on any atom is 0.472 e. The summed E-state index contributed by atoms with van der Waals surface area (Å²) in [6, 6.07) is -0.861. The molecule has 10 heteroatoms. The molecule has 0 radical (unpaired) electrons. The molecule has 0 fully saturated rings. The molecule has 0 aromatic carbocycles. The molecule has 0 aromatic heterocycles. The lowest BCUT2D eigenvalue weighted by Crippen LogP contribution is -2.47. The molecule has 0 saturated carbocycles. The maximum absolute atomic E-state index is 13.6. The Balaban J connectivity index is 5.17. The Morgan fingerprint density at radius 3 is 1.18 bits per heavy atom. The van der Waals surface area contributed by atoms with Crippen molar-refractivity contribution in [2.75, 3.05) is 40.9 Å². The number of esters is 1. The Bertz CT molecular complexity index is 1720. The van der Waals surface area contributed by atoms with Gasteiger partial charge in [0.25, 0.3) is 0 Å². The van der Waals surface area contributed by atoms with E-state index in [9.17, 15) is 19.0 Å². The van der Waals surface area contributed by atoms with E-state index in [1.807, 2.05) is 33.3 Å². The predicted octanol–water partition coefficient (Wildman–Crippen LogP) is 21.5. The van der Waals surface area contributed by atoms with Gasteiger partial charge in [0.05, 0.1) is 33.8 Å². The van der Waals surface area contributed by atoms with Crippen molar-refractivity contribution in [2.45, 2.75) is 309 Å². The molecule has 474 valence electrons. The van der Waals surface area contributed by atoms with Gasteiger partial charge in [-0.15, -0.1) is 0 Å². The minimum atomic E-state index is -4.46. The van der Waals surface area contributed by atoms with E-state index in [0.29, 0.717) is 17.4 Å². The average Bonchev–Trinajstić information content (AvgIpc) is 3.44. The average molecular weight is 1170 g/mol. The lowest BCUT2D eigenvalue weighted by atomic mass is 10.0. The summed E-state index contributed by atoms with van der Waals surface area (Å²) in [6.45, 7) is 6.90. The first-order valence-corrected chi connectivity index (χ1v) is 35.6. The number of likely N-dealkylation sites (N-methyl/N-ethyl adjacent to an activating group) is 1. The van der Waals surface area contributed by atoms with Gasteiger partial charge in [0.2, 0.25) is 5.91 Å².